The fraction of sp³-hybridized carbons (Fsp3) is 1.00. The predicted molar refractivity (Wildman–Crippen MR) is 48.7 cm³/mol. The third kappa shape index (κ3) is 3.47. The molecule has 0 aromatic carbocycles. The molecule has 0 aliphatic rings. The van der Waals surface area contributed by atoms with Crippen molar-refractivity contribution in [1.29, 1.82) is 0 Å². The van der Waals surface area contributed by atoms with Crippen LogP contribution in [0.4, 0.5) is 0 Å². The van der Waals surface area contributed by atoms with E-state index in [0.29, 0.717) is 17.1 Å². The summed E-state index contributed by atoms with van der Waals surface area (Å²) < 4.78 is 5.00. The van der Waals surface area contributed by atoms with E-state index < -0.39 is 0 Å². The summed E-state index contributed by atoms with van der Waals surface area (Å²) >= 11 is 4.42. The summed E-state index contributed by atoms with van der Waals surface area (Å²) in [6.07, 6.45) is 0. The Hall–Kier alpha value is 0.310. The minimum atomic E-state index is 0.380. The topological polar surface area (TPSA) is 9.23 Å². The van der Waals surface area contributed by atoms with Gasteiger partial charge in [0.25, 0.3) is 0 Å². The molecule has 0 radical (unpaired) electrons. The first-order valence-electron chi connectivity index (χ1n) is 3.76. The van der Waals surface area contributed by atoms with Gasteiger partial charge in [-0.25, -0.2) is 0 Å². The van der Waals surface area contributed by atoms with Crippen molar-refractivity contribution < 1.29 is 4.74 Å². The molecule has 0 saturated heterocycles. The van der Waals surface area contributed by atoms with E-state index in [1.807, 2.05) is 0 Å². The Bertz CT molecular complexity index is 83.3. The van der Waals surface area contributed by atoms with Crippen LogP contribution in [0.25, 0.3) is 0 Å². The summed E-state index contributed by atoms with van der Waals surface area (Å²) in [6.45, 7) is 7.39. The lowest BCUT2D eigenvalue weighted by atomic mass is 9.95. The Labute approximate surface area is 69.6 Å². The summed E-state index contributed by atoms with van der Waals surface area (Å²) in [5, 5.41) is 0.380. The van der Waals surface area contributed by atoms with Gasteiger partial charge in [-0.05, 0) is 11.8 Å². The van der Waals surface area contributed by atoms with Gasteiger partial charge in [-0.15, -0.1) is 0 Å². The highest BCUT2D eigenvalue weighted by atomic mass is 32.1. The maximum absolute atomic E-state index is 5.00. The van der Waals surface area contributed by atoms with Gasteiger partial charge in [-0.3, -0.25) is 0 Å². The number of ether oxygens (including phenoxy) is 1. The molecule has 0 saturated carbocycles. The molecule has 0 fully saturated rings. The van der Waals surface area contributed by atoms with E-state index in [1.165, 1.54) is 0 Å². The summed E-state index contributed by atoms with van der Waals surface area (Å²) in [7, 11) is 1.72. The Morgan fingerprint density at radius 1 is 1.30 bits per heavy atom. The lowest BCUT2D eigenvalue weighted by Crippen LogP contribution is -2.21. The third-order valence-corrected chi connectivity index (χ3v) is 2.62. The average Bonchev–Trinajstić information content (AvgIpc) is 1.87. The van der Waals surface area contributed by atoms with Crippen LogP contribution in [0, 0.1) is 11.8 Å². The molecule has 0 N–H and O–H groups in total. The van der Waals surface area contributed by atoms with E-state index in [4.69, 9.17) is 4.74 Å². The Morgan fingerprint density at radius 2 is 1.80 bits per heavy atom. The molecule has 0 aromatic heterocycles. The zero-order valence-corrected chi connectivity index (χ0v) is 8.19. The van der Waals surface area contributed by atoms with Gasteiger partial charge >= 0.3 is 0 Å². The van der Waals surface area contributed by atoms with Crippen molar-refractivity contribution >= 4 is 12.6 Å². The summed E-state index contributed by atoms with van der Waals surface area (Å²) in [4.78, 5) is 0. The van der Waals surface area contributed by atoms with Crippen LogP contribution in [0.2, 0.25) is 0 Å². The van der Waals surface area contributed by atoms with Crippen LogP contribution in [0.15, 0.2) is 0 Å². The zero-order valence-electron chi connectivity index (χ0n) is 7.29. The van der Waals surface area contributed by atoms with Crippen LogP contribution in [-0.2, 0) is 4.74 Å². The Balaban J connectivity index is 3.58. The molecule has 0 aromatic rings. The molecule has 0 aliphatic heterocycles. The molecular weight excluding hydrogens is 144 g/mol. The summed E-state index contributed by atoms with van der Waals surface area (Å²) in [5.74, 6) is 1.32. The van der Waals surface area contributed by atoms with Crippen LogP contribution < -0.4 is 0 Å². The van der Waals surface area contributed by atoms with Crippen molar-refractivity contribution in [3.05, 3.63) is 0 Å². The molecule has 10 heavy (non-hydrogen) atoms. The SMILES string of the molecule is COCC(S)C(C)C(C)C. The van der Waals surface area contributed by atoms with Gasteiger partial charge < -0.3 is 4.74 Å². The van der Waals surface area contributed by atoms with Crippen molar-refractivity contribution in [1.82, 2.24) is 0 Å². The van der Waals surface area contributed by atoms with E-state index in [2.05, 4.69) is 33.4 Å². The molecule has 62 valence electrons. The lowest BCUT2D eigenvalue weighted by molar-refractivity contribution is 0.177. The minimum Gasteiger partial charge on any atom is -0.384 e. The maximum Gasteiger partial charge on any atom is 0.0581 e. The van der Waals surface area contributed by atoms with Crippen molar-refractivity contribution in [2.24, 2.45) is 11.8 Å². The van der Waals surface area contributed by atoms with Gasteiger partial charge in [0.05, 0.1) is 6.61 Å². The minimum absolute atomic E-state index is 0.380. The van der Waals surface area contributed by atoms with E-state index in [1.54, 1.807) is 7.11 Å². The first-order valence-corrected chi connectivity index (χ1v) is 4.28. The molecule has 0 amide bonds. The second kappa shape index (κ2) is 5.03. The normalized spacial score (nSPS) is 17.4. The largest absolute Gasteiger partial charge is 0.384 e. The summed E-state index contributed by atoms with van der Waals surface area (Å²) in [5.41, 5.74) is 0. The van der Waals surface area contributed by atoms with Crippen LogP contribution in [0.3, 0.4) is 0 Å². The molecule has 0 bridgehead atoms. The summed E-state index contributed by atoms with van der Waals surface area (Å²) in [6, 6.07) is 0. The van der Waals surface area contributed by atoms with E-state index in [9.17, 15) is 0 Å². The second-order valence-electron chi connectivity index (χ2n) is 3.13. The molecule has 0 aliphatic carbocycles. The predicted octanol–water partition coefficient (Wildman–Crippen LogP) is 2.22. The van der Waals surface area contributed by atoms with E-state index in [0.717, 1.165) is 6.61 Å². The van der Waals surface area contributed by atoms with Gasteiger partial charge in [0.2, 0.25) is 0 Å². The molecule has 1 nitrogen and oxygen atoms in total. The maximum atomic E-state index is 5.00. The van der Waals surface area contributed by atoms with Gasteiger partial charge in [0.1, 0.15) is 0 Å². The fourth-order valence-corrected chi connectivity index (χ4v) is 1.26. The van der Waals surface area contributed by atoms with Gasteiger partial charge in [-0.1, -0.05) is 20.8 Å². The fourth-order valence-electron chi connectivity index (χ4n) is 0.767. The number of hydrogen-bond donors (Lipinski definition) is 1. The number of hydrogen-bond acceptors (Lipinski definition) is 2. The zero-order chi connectivity index (χ0) is 8.15. The van der Waals surface area contributed by atoms with E-state index in [-0.39, 0.29) is 0 Å². The quantitative estimate of drug-likeness (QED) is 0.624. The smallest absolute Gasteiger partial charge is 0.0581 e. The third-order valence-electron chi connectivity index (χ3n) is 2.00. The molecule has 0 heterocycles. The molecule has 2 heteroatoms. The molecule has 0 spiro atoms. The standard InChI is InChI=1S/C8H18OS/c1-6(2)7(3)8(10)5-9-4/h6-8,10H,5H2,1-4H3. The van der Waals surface area contributed by atoms with Gasteiger partial charge in [0, 0.05) is 12.4 Å². The van der Waals surface area contributed by atoms with Crippen molar-refractivity contribution in [3.8, 4) is 0 Å². The molecule has 2 unspecified atom stereocenters. The Morgan fingerprint density at radius 3 is 2.10 bits per heavy atom. The average molecular weight is 162 g/mol. The van der Waals surface area contributed by atoms with Crippen molar-refractivity contribution in [2.45, 2.75) is 26.0 Å². The second-order valence-corrected chi connectivity index (χ2v) is 3.79. The molecular formula is C8H18OS. The lowest BCUT2D eigenvalue weighted by Gasteiger charge is -2.21. The van der Waals surface area contributed by atoms with Gasteiger partial charge in [0.15, 0.2) is 0 Å². The molecule has 2 atom stereocenters. The van der Waals surface area contributed by atoms with Crippen LogP contribution in [-0.4, -0.2) is 19.0 Å². The van der Waals surface area contributed by atoms with E-state index >= 15 is 0 Å². The highest BCUT2D eigenvalue weighted by Crippen LogP contribution is 2.18. The van der Waals surface area contributed by atoms with Crippen molar-refractivity contribution in [3.63, 3.8) is 0 Å². The first-order chi connectivity index (χ1) is 4.59. The number of rotatable bonds is 4. The van der Waals surface area contributed by atoms with Crippen LogP contribution >= 0.6 is 12.6 Å². The van der Waals surface area contributed by atoms with Crippen molar-refractivity contribution in [2.75, 3.05) is 13.7 Å². The Kier molecular flexibility index (Phi) is 5.18. The van der Waals surface area contributed by atoms with Crippen LogP contribution in [0.5, 0.6) is 0 Å². The highest BCUT2D eigenvalue weighted by Gasteiger charge is 2.15. The highest BCUT2D eigenvalue weighted by molar-refractivity contribution is 7.81. The number of thiol groups is 1. The van der Waals surface area contributed by atoms with Gasteiger partial charge in [-0.2, -0.15) is 12.6 Å². The number of methoxy groups -OCH3 is 1. The molecule has 0 rings (SSSR count). The monoisotopic (exact) mass is 162 g/mol. The first kappa shape index (κ1) is 10.3. The van der Waals surface area contributed by atoms with Crippen LogP contribution in [0.1, 0.15) is 20.8 Å².